The number of piperazine rings is 1. The maximum Gasteiger partial charge on any atom is 0.242 e. The van der Waals surface area contributed by atoms with Crippen LogP contribution in [0.2, 0.25) is 0 Å². The van der Waals surface area contributed by atoms with Crippen LogP contribution in [-0.4, -0.2) is 69.8 Å². The summed E-state index contributed by atoms with van der Waals surface area (Å²) in [5.41, 5.74) is 6.76. The van der Waals surface area contributed by atoms with Crippen molar-refractivity contribution in [3.05, 3.63) is 35.6 Å². The van der Waals surface area contributed by atoms with Gasteiger partial charge in [-0.3, -0.25) is 14.5 Å². The Morgan fingerprint density at radius 2 is 2.10 bits per heavy atom. The van der Waals surface area contributed by atoms with Gasteiger partial charge in [-0.1, -0.05) is 18.2 Å². The predicted molar refractivity (Wildman–Crippen MR) is 106 cm³/mol. The van der Waals surface area contributed by atoms with Crippen LogP contribution < -0.4 is 5.73 Å². The van der Waals surface area contributed by atoms with Gasteiger partial charge in [0.25, 0.3) is 0 Å². The minimum atomic E-state index is -0.746. The first kappa shape index (κ1) is 19.5. The molecule has 3 saturated heterocycles. The number of hydrogen-bond acceptors (Lipinski definition) is 5. The van der Waals surface area contributed by atoms with Crippen LogP contribution in [0.15, 0.2) is 24.3 Å². The molecular formula is C22H26FN5O2. The molecule has 2 amide bonds. The van der Waals surface area contributed by atoms with Crippen molar-refractivity contribution in [2.45, 2.75) is 62.4 Å². The summed E-state index contributed by atoms with van der Waals surface area (Å²) >= 11 is 0. The highest BCUT2D eigenvalue weighted by Gasteiger charge is 2.56. The second-order valence-corrected chi connectivity index (χ2v) is 9.10. The van der Waals surface area contributed by atoms with Crippen LogP contribution in [-0.2, 0) is 9.59 Å². The number of hydrogen-bond donors (Lipinski definition) is 1. The van der Waals surface area contributed by atoms with E-state index in [4.69, 9.17) is 5.73 Å². The summed E-state index contributed by atoms with van der Waals surface area (Å²) in [6, 6.07) is 7.17. The van der Waals surface area contributed by atoms with Crippen molar-refractivity contribution in [3.63, 3.8) is 0 Å². The number of carbonyl (C=O) groups excluding carboxylic acids is 2. The summed E-state index contributed by atoms with van der Waals surface area (Å²) in [7, 11) is 0. The quantitative estimate of drug-likeness (QED) is 0.781. The molecule has 0 spiro atoms. The summed E-state index contributed by atoms with van der Waals surface area (Å²) in [4.78, 5) is 31.4. The molecule has 1 aromatic carbocycles. The second kappa shape index (κ2) is 7.03. The van der Waals surface area contributed by atoms with Crippen LogP contribution in [0.3, 0.4) is 0 Å². The zero-order valence-electron chi connectivity index (χ0n) is 16.9. The number of amides is 2. The van der Waals surface area contributed by atoms with Gasteiger partial charge in [0.15, 0.2) is 0 Å². The van der Waals surface area contributed by atoms with Gasteiger partial charge in [0.1, 0.15) is 11.9 Å². The van der Waals surface area contributed by atoms with Crippen LogP contribution in [0.25, 0.3) is 0 Å². The molecule has 0 radical (unpaired) electrons. The lowest BCUT2D eigenvalue weighted by Gasteiger charge is -2.38. The summed E-state index contributed by atoms with van der Waals surface area (Å²) in [5.74, 6) is -0.0666. The fraction of sp³-hybridized carbons (Fsp3) is 0.591. The Balaban J connectivity index is 1.24. The molecule has 1 aliphatic carbocycles. The Morgan fingerprint density at radius 3 is 2.80 bits per heavy atom. The number of rotatable bonds is 5. The molecule has 1 aromatic rings. The minimum absolute atomic E-state index is 0.00846. The van der Waals surface area contributed by atoms with Gasteiger partial charge in [0, 0.05) is 30.7 Å². The first-order valence-corrected chi connectivity index (χ1v) is 10.7. The number of likely N-dealkylation sites (tertiary alicyclic amines) is 3. The molecule has 30 heavy (non-hydrogen) atoms. The van der Waals surface area contributed by atoms with Gasteiger partial charge in [0.2, 0.25) is 11.8 Å². The fourth-order valence-electron chi connectivity index (χ4n) is 5.77. The molecule has 4 aliphatic rings. The van der Waals surface area contributed by atoms with Gasteiger partial charge in [0.05, 0.1) is 24.2 Å². The van der Waals surface area contributed by atoms with Gasteiger partial charge in [-0.05, 0) is 38.2 Å². The Bertz CT molecular complexity index is 932. The summed E-state index contributed by atoms with van der Waals surface area (Å²) < 4.78 is 14.2. The normalized spacial score (nSPS) is 34.1. The molecule has 2 N–H and O–H groups in total. The smallest absolute Gasteiger partial charge is 0.242 e. The first-order valence-electron chi connectivity index (χ1n) is 10.7. The number of fused-ring (bicyclic) bond motifs is 3. The molecule has 0 aromatic heterocycles. The average molecular weight is 411 g/mol. The topological polar surface area (TPSA) is 93.7 Å². The van der Waals surface area contributed by atoms with Gasteiger partial charge >= 0.3 is 0 Å². The fourth-order valence-corrected chi connectivity index (χ4v) is 5.77. The molecule has 5 rings (SSSR count). The number of nitrogens with zero attached hydrogens (tertiary/aromatic N) is 4. The zero-order valence-corrected chi connectivity index (χ0v) is 16.9. The van der Waals surface area contributed by atoms with Crippen molar-refractivity contribution in [2.75, 3.05) is 13.1 Å². The molecule has 8 heteroatoms. The third kappa shape index (κ3) is 2.91. The molecule has 7 atom stereocenters. The largest absolute Gasteiger partial charge is 0.330 e. The maximum absolute atomic E-state index is 14.2. The minimum Gasteiger partial charge on any atom is -0.330 e. The van der Waals surface area contributed by atoms with E-state index >= 15 is 0 Å². The Morgan fingerprint density at radius 1 is 1.33 bits per heavy atom. The van der Waals surface area contributed by atoms with E-state index in [1.807, 2.05) is 11.8 Å². The van der Waals surface area contributed by atoms with Crippen molar-refractivity contribution in [1.82, 2.24) is 14.7 Å². The second-order valence-electron chi connectivity index (χ2n) is 9.10. The van der Waals surface area contributed by atoms with E-state index in [1.165, 1.54) is 6.07 Å². The van der Waals surface area contributed by atoms with E-state index in [0.29, 0.717) is 31.0 Å². The summed E-state index contributed by atoms with van der Waals surface area (Å²) in [6.45, 7) is 2.79. The number of halogens is 1. The van der Waals surface area contributed by atoms with Crippen molar-refractivity contribution in [2.24, 2.45) is 11.7 Å². The molecule has 3 heterocycles. The van der Waals surface area contributed by atoms with Crippen molar-refractivity contribution in [1.29, 1.82) is 5.26 Å². The third-order valence-corrected chi connectivity index (χ3v) is 7.34. The number of piperidine rings is 1. The van der Waals surface area contributed by atoms with Crippen LogP contribution in [0, 0.1) is 23.1 Å². The lowest BCUT2D eigenvalue weighted by Crippen LogP contribution is -2.57. The van der Waals surface area contributed by atoms with E-state index in [-0.39, 0.29) is 47.8 Å². The highest BCUT2D eigenvalue weighted by atomic mass is 19.1. The molecule has 4 fully saturated rings. The van der Waals surface area contributed by atoms with Gasteiger partial charge < -0.3 is 15.5 Å². The average Bonchev–Trinajstić information content (AvgIpc) is 3.07. The van der Waals surface area contributed by atoms with Crippen molar-refractivity contribution < 1.29 is 14.0 Å². The maximum atomic E-state index is 14.2. The number of nitriles is 1. The van der Waals surface area contributed by atoms with E-state index in [1.54, 1.807) is 28.0 Å². The third-order valence-electron chi connectivity index (χ3n) is 7.34. The van der Waals surface area contributed by atoms with Crippen LogP contribution >= 0.6 is 0 Å². The Labute approximate surface area is 175 Å². The van der Waals surface area contributed by atoms with Crippen LogP contribution in [0.1, 0.15) is 37.8 Å². The van der Waals surface area contributed by atoms with Gasteiger partial charge in [-0.15, -0.1) is 0 Å². The highest BCUT2D eigenvalue weighted by Crippen LogP contribution is 2.48. The van der Waals surface area contributed by atoms with E-state index in [9.17, 15) is 19.2 Å². The molecule has 2 bridgehead atoms. The molecule has 2 unspecified atom stereocenters. The molecule has 3 aliphatic heterocycles. The lowest BCUT2D eigenvalue weighted by molar-refractivity contribution is -0.141. The SMILES string of the molecule is C[C@H](c1ccccc1F)N1C(=O)[C@H]2CC1CN2C[C@H](N)C(=O)N1C2C[C@H]2C[C@H]1C#N. The molecular weight excluding hydrogens is 385 g/mol. The number of carbonyl (C=O) groups is 2. The monoisotopic (exact) mass is 411 g/mol. The van der Waals surface area contributed by atoms with Crippen molar-refractivity contribution in [3.8, 4) is 6.07 Å². The summed E-state index contributed by atoms with van der Waals surface area (Å²) in [5, 5.41) is 9.33. The summed E-state index contributed by atoms with van der Waals surface area (Å²) in [6.07, 6.45) is 2.38. The first-order chi connectivity index (χ1) is 14.4. The van der Waals surface area contributed by atoms with Crippen molar-refractivity contribution >= 4 is 11.8 Å². The highest BCUT2D eigenvalue weighted by molar-refractivity contribution is 5.87. The molecule has 1 saturated carbocycles. The molecule has 7 nitrogen and oxygen atoms in total. The number of benzene rings is 1. The zero-order chi connectivity index (χ0) is 21.2. The molecule has 158 valence electrons. The van der Waals surface area contributed by atoms with Crippen LogP contribution in [0.4, 0.5) is 4.39 Å². The number of nitrogens with two attached hydrogens (primary N) is 1. The lowest BCUT2D eigenvalue weighted by atomic mass is 10.0. The Kier molecular flexibility index (Phi) is 4.56. The standard InChI is InChI=1S/C22H26FN5O2/c1-12(16-4-2-3-5-17(16)23)27-15-8-20(22(27)30)26(10-15)11-18(25)21(29)28-14(9-24)6-13-7-19(13)28/h2-5,12-15,18-20H,6-8,10-11,25H2,1H3/t12-,13-,14+,15?,18+,19?,20-/m1/s1. The Hall–Kier alpha value is -2.50. The van der Waals surface area contributed by atoms with E-state index < -0.39 is 6.04 Å². The van der Waals surface area contributed by atoms with E-state index in [0.717, 1.165) is 12.8 Å². The van der Waals surface area contributed by atoms with Crippen LogP contribution in [0.5, 0.6) is 0 Å². The van der Waals surface area contributed by atoms with Gasteiger partial charge in [-0.2, -0.15) is 5.26 Å². The van der Waals surface area contributed by atoms with E-state index in [2.05, 4.69) is 6.07 Å². The van der Waals surface area contributed by atoms with Gasteiger partial charge in [-0.25, -0.2) is 4.39 Å². The predicted octanol–water partition coefficient (Wildman–Crippen LogP) is 1.01.